The zero-order valence-corrected chi connectivity index (χ0v) is 14.6. The van der Waals surface area contributed by atoms with Gasteiger partial charge in [0.1, 0.15) is 6.07 Å². The molecule has 0 heterocycles. The molecular weight excluding hydrogens is 330 g/mol. The maximum Gasteiger partial charge on any atom is 0.350 e. The Labute approximate surface area is 152 Å². The van der Waals surface area contributed by atoms with Crippen LogP contribution in [0.15, 0.2) is 66.4 Å². The minimum absolute atomic E-state index is 0.104. The molecule has 0 spiro atoms. The van der Waals surface area contributed by atoms with E-state index in [2.05, 4.69) is 10.1 Å². The number of carbonyl (C=O) groups is 2. The van der Waals surface area contributed by atoms with E-state index in [0.717, 1.165) is 5.69 Å². The van der Waals surface area contributed by atoms with Gasteiger partial charge >= 0.3 is 5.97 Å². The fourth-order valence-corrected chi connectivity index (χ4v) is 2.32. The minimum Gasteiger partial charge on any atom is -0.465 e. The predicted molar refractivity (Wildman–Crippen MR) is 99.6 cm³/mol. The van der Waals surface area contributed by atoms with Crippen molar-refractivity contribution < 1.29 is 14.3 Å². The number of nitriles is 1. The zero-order valence-electron chi connectivity index (χ0n) is 14.6. The molecule has 1 amide bonds. The molecule has 0 unspecified atom stereocenters. The van der Waals surface area contributed by atoms with Gasteiger partial charge in [0.05, 0.1) is 7.11 Å². The summed E-state index contributed by atoms with van der Waals surface area (Å²) in [7, 11) is 1.21. The van der Waals surface area contributed by atoms with E-state index in [1.165, 1.54) is 13.3 Å². The van der Waals surface area contributed by atoms with E-state index in [1.54, 1.807) is 35.2 Å². The molecular formula is C20H19N3O3. The van der Waals surface area contributed by atoms with Crippen molar-refractivity contribution in [2.45, 2.75) is 6.92 Å². The SMILES string of the molecule is CCN(C(=O)c1ccc(N/C=C(/C#N)C(=O)OC)cc1)c1ccccc1. The quantitative estimate of drug-likeness (QED) is 0.491. The summed E-state index contributed by atoms with van der Waals surface area (Å²) in [6.07, 6.45) is 1.27. The van der Waals surface area contributed by atoms with Gasteiger partial charge in [-0.2, -0.15) is 5.26 Å². The Kier molecular flexibility index (Phi) is 6.52. The van der Waals surface area contributed by atoms with Gasteiger partial charge in [-0.1, -0.05) is 18.2 Å². The van der Waals surface area contributed by atoms with E-state index in [1.807, 2.05) is 37.3 Å². The summed E-state index contributed by atoms with van der Waals surface area (Å²) in [4.78, 5) is 25.8. The Morgan fingerprint density at radius 1 is 1.15 bits per heavy atom. The van der Waals surface area contributed by atoms with Crippen molar-refractivity contribution in [3.8, 4) is 6.07 Å². The second-order valence-electron chi connectivity index (χ2n) is 5.27. The van der Waals surface area contributed by atoms with Crippen molar-refractivity contribution in [1.29, 1.82) is 5.26 Å². The number of nitrogens with one attached hydrogen (secondary N) is 1. The van der Waals surface area contributed by atoms with Crippen LogP contribution in [0, 0.1) is 11.3 Å². The van der Waals surface area contributed by atoms with Crippen LogP contribution in [0.4, 0.5) is 11.4 Å². The summed E-state index contributed by atoms with van der Waals surface area (Å²) in [6, 6.07) is 18.0. The molecule has 2 aromatic carbocycles. The molecule has 2 aromatic rings. The maximum atomic E-state index is 12.7. The number of hydrogen-bond acceptors (Lipinski definition) is 5. The van der Waals surface area contributed by atoms with E-state index in [-0.39, 0.29) is 11.5 Å². The zero-order chi connectivity index (χ0) is 18.9. The summed E-state index contributed by atoms with van der Waals surface area (Å²) in [5.41, 5.74) is 1.87. The van der Waals surface area contributed by atoms with Crippen molar-refractivity contribution in [2.75, 3.05) is 23.9 Å². The van der Waals surface area contributed by atoms with Gasteiger partial charge in [-0.15, -0.1) is 0 Å². The molecule has 0 saturated carbocycles. The molecule has 0 aliphatic heterocycles. The Morgan fingerprint density at radius 3 is 2.35 bits per heavy atom. The van der Waals surface area contributed by atoms with Crippen LogP contribution in [0.2, 0.25) is 0 Å². The highest BCUT2D eigenvalue weighted by atomic mass is 16.5. The molecule has 1 N–H and O–H groups in total. The summed E-state index contributed by atoms with van der Waals surface area (Å²) in [6.45, 7) is 2.47. The van der Waals surface area contributed by atoms with Crippen LogP contribution in [-0.2, 0) is 9.53 Å². The summed E-state index contributed by atoms with van der Waals surface area (Å²) >= 11 is 0. The maximum absolute atomic E-state index is 12.7. The number of benzene rings is 2. The van der Waals surface area contributed by atoms with Gasteiger partial charge in [-0.05, 0) is 43.3 Å². The van der Waals surface area contributed by atoms with E-state index in [0.29, 0.717) is 17.8 Å². The van der Waals surface area contributed by atoms with Crippen LogP contribution < -0.4 is 10.2 Å². The number of hydrogen-bond donors (Lipinski definition) is 1. The first-order valence-electron chi connectivity index (χ1n) is 8.02. The van der Waals surface area contributed by atoms with Crippen molar-refractivity contribution in [1.82, 2.24) is 0 Å². The molecule has 132 valence electrons. The van der Waals surface area contributed by atoms with Gasteiger partial charge in [0, 0.05) is 29.7 Å². The van der Waals surface area contributed by atoms with Crippen molar-refractivity contribution in [3.63, 3.8) is 0 Å². The normalized spacial score (nSPS) is 10.6. The molecule has 0 saturated heterocycles. The van der Waals surface area contributed by atoms with Gasteiger partial charge in [0.25, 0.3) is 5.91 Å². The largest absolute Gasteiger partial charge is 0.465 e. The fourth-order valence-electron chi connectivity index (χ4n) is 2.32. The monoisotopic (exact) mass is 349 g/mol. The lowest BCUT2D eigenvalue weighted by molar-refractivity contribution is -0.135. The second kappa shape index (κ2) is 9.04. The summed E-state index contributed by atoms with van der Waals surface area (Å²) in [5, 5.41) is 11.8. The average Bonchev–Trinajstić information content (AvgIpc) is 2.70. The van der Waals surface area contributed by atoms with E-state index in [9.17, 15) is 9.59 Å². The number of amides is 1. The van der Waals surface area contributed by atoms with Gasteiger partial charge in [-0.3, -0.25) is 4.79 Å². The van der Waals surface area contributed by atoms with Crippen LogP contribution in [0.25, 0.3) is 0 Å². The van der Waals surface area contributed by atoms with Gasteiger partial charge < -0.3 is 15.0 Å². The van der Waals surface area contributed by atoms with Crippen LogP contribution in [0.3, 0.4) is 0 Å². The lowest BCUT2D eigenvalue weighted by atomic mass is 10.1. The lowest BCUT2D eigenvalue weighted by Crippen LogP contribution is -2.30. The number of rotatable bonds is 6. The number of para-hydroxylation sites is 1. The van der Waals surface area contributed by atoms with Crippen LogP contribution >= 0.6 is 0 Å². The molecule has 0 atom stereocenters. The van der Waals surface area contributed by atoms with Gasteiger partial charge in [0.2, 0.25) is 0 Å². The second-order valence-corrected chi connectivity index (χ2v) is 5.27. The number of nitrogens with zero attached hydrogens (tertiary/aromatic N) is 2. The minimum atomic E-state index is -0.715. The lowest BCUT2D eigenvalue weighted by Gasteiger charge is -2.21. The molecule has 0 aliphatic carbocycles. The fraction of sp³-hybridized carbons (Fsp3) is 0.150. The average molecular weight is 349 g/mol. The Morgan fingerprint density at radius 2 is 1.81 bits per heavy atom. The van der Waals surface area contributed by atoms with Crippen LogP contribution in [0.5, 0.6) is 0 Å². The van der Waals surface area contributed by atoms with E-state index < -0.39 is 5.97 Å². The standard InChI is InChI=1S/C20H19N3O3/c1-3-23(18-7-5-4-6-8-18)19(24)15-9-11-17(12-10-15)22-14-16(13-21)20(25)26-2/h4-12,14,22H,3H2,1-2H3/b16-14-. The Bertz CT molecular complexity index is 837. The van der Waals surface area contributed by atoms with Gasteiger partial charge in [0.15, 0.2) is 5.57 Å². The third-order valence-corrected chi connectivity index (χ3v) is 3.67. The van der Waals surface area contributed by atoms with Crippen molar-refractivity contribution in [3.05, 3.63) is 71.9 Å². The third-order valence-electron chi connectivity index (χ3n) is 3.67. The summed E-state index contributed by atoms with van der Waals surface area (Å²) < 4.78 is 4.50. The van der Waals surface area contributed by atoms with Crippen LogP contribution in [-0.4, -0.2) is 25.5 Å². The first-order chi connectivity index (χ1) is 12.6. The first-order valence-corrected chi connectivity index (χ1v) is 8.02. The molecule has 0 aromatic heterocycles. The first kappa shape index (κ1) is 18.7. The number of esters is 1. The molecule has 26 heavy (non-hydrogen) atoms. The smallest absolute Gasteiger partial charge is 0.350 e. The molecule has 6 nitrogen and oxygen atoms in total. The highest BCUT2D eigenvalue weighted by Crippen LogP contribution is 2.18. The Balaban J connectivity index is 2.14. The molecule has 6 heteroatoms. The van der Waals surface area contributed by atoms with E-state index >= 15 is 0 Å². The predicted octanol–water partition coefficient (Wildman–Crippen LogP) is 3.35. The topological polar surface area (TPSA) is 82.4 Å². The Hall–Kier alpha value is -3.59. The third kappa shape index (κ3) is 4.48. The number of ether oxygens (including phenoxy) is 1. The molecule has 2 rings (SSSR count). The molecule has 0 aliphatic rings. The van der Waals surface area contributed by atoms with E-state index in [4.69, 9.17) is 5.26 Å². The molecule has 0 fully saturated rings. The highest BCUT2D eigenvalue weighted by Gasteiger charge is 2.15. The number of anilines is 2. The van der Waals surface area contributed by atoms with Crippen molar-refractivity contribution in [2.24, 2.45) is 0 Å². The number of methoxy groups -OCH3 is 1. The van der Waals surface area contributed by atoms with Crippen molar-refractivity contribution >= 4 is 23.3 Å². The molecule has 0 radical (unpaired) electrons. The highest BCUT2D eigenvalue weighted by molar-refractivity contribution is 6.06. The summed E-state index contributed by atoms with van der Waals surface area (Å²) in [5.74, 6) is -0.818. The molecule has 0 bridgehead atoms. The number of carbonyl (C=O) groups excluding carboxylic acids is 2. The van der Waals surface area contributed by atoms with Gasteiger partial charge in [-0.25, -0.2) is 4.79 Å². The van der Waals surface area contributed by atoms with Crippen LogP contribution in [0.1, 0.15) is 17.3 Å².